The van der Waals surface area contributed by atoms with Gasteiger partial charge in [0.25, 0.3) is 0 Å². The molecule has 1 aliphatic rings. The molecule has 0 aromatic heterocycles. The number of nitrogens with one attached hydrogen (secondary N) is 1. The van der Waals surface area contributed by atoms with E-state index in [0.29, 0.717) is 5.92 Å². The quantitative estimate of drug-likeness (QED) is 0.734. The molecule has 19 heavy (non-hydrogen) atoms. The van der Waals surface area contributed by atoms with Gasteiger partial charge in [0, 0.05) is 12.5 Å². The first kappa shape index (κ1) is 14.1. The minimum atomic E-state index is 0.476. The lowest BCUT2D eigenvalue weighted by Gasteiger charge is -2.17. The van der Waals surface area contributed by atoms with Crippen LogP contribution in [0.15, 0.2) is 47.6 Å². The molecule has 0 spiro atoms. The van der Waals surface area contributed by atoms with Gasteiger partial charge < -0.3 is 5.32 Å². The third-order valence-electron chi connectivity index (χ3n) is 4.04. The molecule has 0 radical (unpaired) electrons. The van der Waals surface area contributed by atoms with Crippen LogP contribution in [0.25, 0.3) is 0 Å². The summed E-state index contributed by atoms with van der Waals surface area (Å²) < 4.78 is 0. The molecule has 0 aliphatic heterocycles. The lowest BCUT2D eigenvalue weighted by molar-refractivity contribution is 0.638. The van der Waals surface area contributed by atoms with Crippen LogP contribution in [0.1, 0.15) is 50.7 Å². The van der Waals surface area contributed by atoms with Crippen LogP contribution in [0.3, 0.4) is 0 Å². The molecule has 1 aromatic rings. The fraction of sp³-hybridized carbons (Fsp3) is 0.444. The number of benzene rings is 1. The van der Waals surface area contributed by atoms with Gasteiger partial charge in [-0.2, -0.15) is 0 Å². The zero-order valence-corrected chi connectivity index (χ0v) is 12.4. The molecule has 1 nitrogen and oxygen atoms in total. The molecular weight excluding hydrogens is 230 g/mol. The van der Waals surface area contributed by atoms with Gasteiger partial charge in [0.2, 0.25) is 0 Å². The van der Waals surface area contributed by atoms with Crippen LogP contribution in [0.4, 0.5) is 0 Å². The smallest absolute Gasteiger partial charge is 0.0237 e. The number of unbranched alkanes of at least 4 members (excludes halogenated alkanes) is 1. The van der Waals surface area contributed by atoms with Crippen molar-refractivity contribution in [2.75, 3.05) is 6.54 Å². The summed E-state index contributed by atoms with van der Waals surface area (Å²) in [5.74, 6) is 0.476. The van der Waals surface area contributed by atoms with Crippen LogP contribution >= 0.6 is 0 Å². The Bertz CT molecular complexity index is 482. The maximum absolute atomic E-state index is 3.55. The van der Waals surface area contributed by atoms with E-state index in [4.69, 9.17) is 0 Å². The number of rotatable bonds is 6. The lowest BCUT2D eigenvalue weighted by Crippen LogP contribution is -2.16. The van der Waals surface area contributed by atoms with Gasteiger partial charge in [-0.05, 0) is 37.9 Å². The third-order valence-corrected chi connectivity index (χ3v) is 4.04. The van der Waals surface area contributed by atoms with Crippen LogP contribution in [-0.2, 0) is 6.54 Å². The van der Waals surface area contributed by atoms with E-state index in [-0.39, 0.29) is 0 Å². The Morgan fingerprint density at radius 2 is 1.95 bits per heavy atom. The maximum Gasteiger partial charge on any atom is 0.0237 e. The van der Waals surface area contributed by atoms with Crippen LogP contribution in [0.2, 0.25) is 0 Å². The molecule has 0 saturated carbocycles. The Hall–Kier alpha value is -1.34. The average Bonchev–Trinajstić information content (AvgIpc) is 2.76. The second kappa shape index (κ2) is 6.72. The maximum atomic E-state index is 3.55. The molecular formula is C18H25N. The SMILES string of the molecule is CCCCNCc1ccccc1C1C=CC(C)=C1C. The van der Waals surface area contributed by atoms with E-state index in [1.54, 1.807) is 0 Å². The predicted molar refractivity (Wildman–Crippen MR) is 83.3 cm³/mol. The summed E-state index contributed by atoms with van der Waals surface area (Å²) in [5, 5.41) is 3.55. The fourth-order valence-electron chi connectivity index (χ4n) is 2.62. The largest absolute Gasteiger partial charge is 0.313 e. The number of hydrogen-bond acceptors (Lipinski definition) is 1. The van der Waals surface area contributed by atoms with Crippen molar-refractivity contribution in [1.29, 1.82) is 0 Å². The van der Waals surface area contributed by atoms with E-state index in [2.05, 4.69) is 62.5 Å². The molecule has 2 rings (SSSR count). The predicted octanol–water partition coefficient (Wildman–Crippen LogP) is 4.57. The van der Waals surface area contributed by atoms with Crippen LogP contribution in [0, 0.1) is 0 Å². The van der Waals surface area contributed by atoms with E-state index in [1.165, 1.54) is 35.1 Å². The Kier molecular flexibility index (Phi) is 4.98. The molecule has 1 aliphatic carbocycles. The van der Waals surface area contributed by atoms with Crippen LogP contribution in [0.5, 0.6) is 0 Å². The highest BCUT2D eigenvalue weighted by Gasteiger charge is 2.18. The minimum Gasteiger partial charge on any atom is -0.313 e. The zero-order chi connectivity index (χ0) is 13.7. The van der Waals surface area contributed by atoms with Crippen LogP contribution < -0.4 is 5.32 Å². The topological polar surface area (TPSA) is 12.0 Å². The van der Waals surface area contributed by atoms with Gasteiger partial charge in [-0.3, -0.25) is 0 Å². The average molecular weight is 255 g/mol. The number of allylic oxidation sites excluding steroid dienone is 4. The second-order valence-electron chi connectivity index (χ2n) is 5.43. The summed E-state index contributed by atoms with van der Waals surface area (Å²) in [6.45, 7) is 8.77. The van der Waals surface area contributed by atoms with Crippen molar-refractivity contribution in [3.8, 4) is 0 Å². The Morgan fingerprint density at radius 3 is 2.63 bits per heavy atom. The molecule has 1 unspecified atom stereocenters. The third kappa shape index (κ3) is 3.36. The Balaban J connectivity index is 2.11. The molecule has 1 N–H and O–H groups in total. The van der Waals surface area contributed by atoms with Gasteiger partial charge in [0.1, 0.15) is 0 Å². The van der Waals surface area contributed by atoms with E-state index in [9.17, 15) is 0 Å². The van der Waals surface area contributed by atoms with Gasteiger partial charge >= 0.3 is 0 Å². The van der Waals surface area contributed by atoms with Crippen molar-refractivity contribution in [3.63, 3.8) is 0 Å². The first-order valence-corrected chi connectivity index (χ1v) is 7.38. The molecule has 0 bridgehead atoms. The molecule has 1 aromatic carbocycles. The van der Waals surface area contributed by atoms with Gasteiger partial charge in [0.15, 0.2) is 0 Å². The van der Waals surface area contributed by atoms with E-state index in [1.807, 2.05) is 0 Å². The van der Waals surface area contributed by atoms with Crippen molar-refractivity contribution in [1.82, 2.24) is 5.32 Å². The Morgan fingerprint density at radius 1 is 1.16 bits per heavy atom. The second-order valence-corrected chi connectivity index (χ2v) is 5.43. The van der Waals surface area contributed by atoms with Gasteiger partial charge in [-0.15, -0.1) is 0 Å². The van der Waals surface area contributed by atoms with Crippen molar-refractivity contribution in [2.45, 2.75) is 46.1 Å². The van der Waals surface area contributed by atoms with Crippen LogP contribution in [-0.4, -0.2) is 6.54 Å². The summed E-state index contributed by atoms with van der Waals surface area (Å²) in [4.78, 5) is 0. The van der Waals surface area contributed by atoms with Crippen molar-refractivity contribution in [2.24, 2.45) is 0 Å². The summed E-state index contributed by atoms with van der Waals surface area (Å²) in [5.41, 5.74) is 5.79. The first-order valence-electron chi connectivity index (χ1n) is 7.38. The van der Waals surface area contributed by atoms with E-state index in [0.717, 1.165) is 13.1 Å². The highest BCUT2D eigenvalue weighted by molar-refractivity contribution is 5.47. The van der Waals surface area contributed by atoms with E-state index < -0.39 is 0 Å². The molecule has 1 atom stereocenters. The summed E-state index contributed by atoms with van der Waals surface area (Å²) in [7, 11) is 0. The molecule has 102 valence electrons. The zero-order valence-electron chi connectivity index (χ0n) is 12.4. The highest BCUT2D eigenvalue weighted by atomic mass is 14.8. The highest BCUT2D eigenvalue weighted by Crippen LogP contribution is 2.35. The monoisotopic (exact) mass is 255 g/mol. The van der Waals surface area contributed by atoms with Gasteiger partial charge in [0.05, 0.1) is 0 Å². The normalized spacial score (nSPS) is 18.4. The molecule has 0 amide bonds. The minimum absolute atomic E-state index is 0.476. The van der Waals surface area contributed by atoms with Crippen molar-refractivity contribution in [3.05, 3.63) is 58.7 Å². The fourth-order valence-corrected chi connectivity index (χ4v) is 2.62. The van der Waals surface area contributed by atoms with Crippen molar-refractivity contribution < 1.29 is 0 Å². The van der Waals surface area contributed by atoms with E-state index >= 15 is 0 Å². The van der Waals surface area contributed by atoms with Crippen molar-refractivity contribution >= 4 is 0 Å². The molecule has 0 heterocycles. The molecule has 0 saturated heterocycles. The molecule has 0 fully saturated rings. The summed E-state index contributed by atoms with van der Waals surface area (Å²) in [6.07, 6.45) is 7.08. The summed E-state index contributed by atoms with van der Waals surface area (Å²) in [6, 6.07) is 8.82. The number of hydrogen-bond donors (Lipinski definition) is 1. The first-order chi connectivity index (χ1) is 9.24. The summed E-state index contributed by atoms with van der Waals surface area (Å²) >= 11 is 0. The standard InChI is InChI=1S/C18H25N/c1-4-5-12-19-13-16-8-6-7-9-18(16)17-11-10-14(2)15(17)3/h6-11,17,19H,4-5,12-13H2,1-3H3. The van der Waals surface area contributed by atoms with Gasteiger partial charge in [-0.25, -0.2) is 0 Å². The molecule has 1 heteroatoms. The Labute approximate surface area is 117 Å². The van der Waals surface area contributed by atoms with Gasteiger partial charge in [-0.1, -0.05) is 60.9 Å². The lowest BCUT2D eigenvalue weighted by atomic mass is 9.90.